The first kappa shape index (κ1) is 9.91. The number of carbonyl (C=O) groups is 1. The highest BCUT2D eigenvalue weighted by Gasteiger charge is 1.99. The van der Waals surface area contributed by atoms with Crippen molar-refractivity contribution in [1.82, 2.24) is 9.97 Å². The average Bonchev–Trinajstić information content (AvgIpc) is 2.20. The number of aliphatic hydroxyl groups excluding tert-OH is 1. The van der Waals surface area contributed by atoms with E-state index >= 15 is 0 Å². The molecule has 0 atom stereocenters. The van der Waals surface area contributed by atoms with Gasteiger partial charge >= 0.3 is 5.97 Å². The van der Waals surface area contributed by atoms with E-state index in [1.54, 1.807) is 6.07 Å². The molecule has 0 bridgehead atoms. The maximum absolute atomic E-state index is 10.2. The number of carboxylic acids is 1. The first-order chi connectivity index (χ1) is 6.74. The summed E-state index contributed by atoms with van der Waals surface area (Å²) in [4.78, 5) is 17.8. The molecule has 0 radical (unpaired) electrons. The first-order valence-electron chi connectivity index (χ1n) is 3.76. The Morgan fingerprint density at radius 1 is 1.43 bits per heavy atom. The number of carboxylic acid groups (broad SMARTS) is 1. The zero-order chi connectivity index (χ0) is 10.4. The first-order valence-corrected chi connectivity index (χ1v) is 3.76. The standard InChI is InChI=1S/C9H8N2O3/c12-5-7(1-2-9(13)14)8-3-4-10-6-11-8/h1-6,12H,(H,13,14)/b2-1+,7-5-. The molecule has 0 saturated carbocycles. The smallest absolute Gasteiger partial charge is 0.328 e. The van der Waals surface area contributed by atoms with Gasteiger partial charge in [-0.25, -0.2) is 14.8 Å². The molecule has 0 aliphatic carbocycles. The van der Waals surface area contributed by atoms with E-state index in [4.69, 9.17) is 10.2 Å². The van der Waals surface area contributed by atoms with Crippen LogP contribution in [0.15, 0.2) is 37.0 Å². The Morgan fingerprint density at radius 3 is 2.71 bits per heavy atom. The van der Waals surface area contributed by atoms with E-state index in [-0.39, 0.29) is 0 Å². The van der Waals surface area contributed by atoms with Gasteiger partial charge in [-0.1, -0.05) is 0 Å². The Labute approximate surface area is 80.1 Å². The Kier molecular flexibility index (Phi) is 3.37. The fraction of sp³-hybridized carbons (Fsp3) is 0. The van der Waals surface area contributed by atoms with Crippen LogP contribution in [0.25, 0.3) is 5.57 Å². The van der Waals surface area contributed by atoms with E-state index < -0.39 is 5.97 Å². The monoisotopic (exact) mass is 192 g/mol. The number of nitrogens with zero attached hydrogens (tertiary/aromatic N) is 2. The summed E-state index contributed by atoms with van der Waals surface area (Å²) in [5, 5.41) is 17.2. The highest BCUT2D eigenvalue weighted by molar-refractivity contribution is 5.84. The van der Waals surface area contributed by atoms with Gasteiger partial charge in [0, 0.05) is 17.8 Å². The van der Waals surface area contributed by atoms with Crippen LogP contribution in [0.3, 0.4) is 0 Å². The molecule has 72 valence electrons. The normalized spacial score (nSPS) is 11.9. The molecular weight excluding hydrogens is 184 g/mol. The predicted molar refractivity (Wildman–Crippen MR) is 49.4 cm³/mol. The topological polar surface area (TPSA) is 83.3 Å². The van der Waals surface area contributed by atoms with Gasteiger partial charge in [0.1, 0.15) is 6.33 Å². The largest absolute Gasteiger partial charge is 0.515 e. The van der Waals surface area contributed by atoms with E-state index in [0.717, 1.165) is 12.3 Å². The molecule has 2 N–H and O–H groups in total. The van der Waals surface area contributed by atoms with Gasteiger partial charge < -0.3 is 10.2 Å². The second kappa shape index (κ2) is 4.76. The van der Waals surface area contributed by atoms with Gasteiger partial charge in [-0.05, 0) is 12.1 Å². The zero-order valence-corrected chi connectivity index (χ0v) is 7.16. The highest BCUT2D eigenvalue weighted by atomic mass is 16.4. The van der Waals surface area contributed by atoms with Crippen molar-refractivity contribution in [2.75, 3.05) is 0 Å². The Hall–Kier alpha value is -2.17. The fourth-order valence-electron chi connectivity index (χ4n) is 0.817. The lowest BCUT2D eigenvalue weighted by Crippen LogP contribution is -1.90. The maximum Gasteiger partial charge on any atom is 0.328 e. The van der Waals surface area contributed by atoms with Crippen LogP contribution in [0.5, 0.6) is 0 Å². The van der Waals surface area contributed by atoms with Crippen LogP contribution in [0.2, 0.25) is 0 Å². The minimum absolute atomic E-state index is 0.315. The van der Waals surface area contributed by atoms with Crippen molar-refractivity contribution >= 4 is 11.5 Å². The molecule has 0 amide bonds. The summed E-state index contributed by atoms with van der Waals surface area (Å²) >= 11 is 0. The highest BCUT2D eigenvalue weighted by Crippen LogP contribution is 2.10. The Morgan fingerprint density at radius 2 is 2.21 bits per heavy atom. The number of hydrogen-bond acceptors (Lipinski definition) is 4. The molecule has 5 nitrogen and oxygen atoms in total. The van der Waals surface area contributed by atoms with E-state index in [2.05, 4.69) is 9.97 Å². The lowest BCUT2D eigenvalue weighted by atomic mass is 10.2. The number of hydrogen-bond donors (Lipinski definition) is 2. The van der Waals surface area contributed by atoms with Crippen molar-refractivity contribution in [3.05, 3.63) is 42.7 Å². The molecule has 0 aliphatic rings. The third-order valence-electron chi connectivity index (χ3n) is 1.42. The van der Waals surface area contributed by atoms with Crippen molar-refractivity contribution in [3.8, 4) is 0 Å². The summed E-state index contributed by atoms with van der Waals surface area (Å²) in [6.45, 7) is 0. The van der Waals surface area contributed by atoms with Crippen molar-refractivity contribution in [3.63, 3.8) is 0 Å². The molecule has 1 aromatic rings. The summed E-state index contributed by atoms with van der Waals surface area (Å²) in [6, 6.07) is 1.56. The van der Waals surface area contributed by atoms with Gasteiger partial charge in [-0.3, -0.25) is 0 Å². The molecular formula is C9H8N2O3. The quantitative estimate of drug-likeness (QED) is 0.424. The lowest BCUT2D eigenvalue weighted by molar-refractivity contribution is -0.131. The molecule has 0 saturated heterocycles. The Bertz CT molecular complexity index is 371. The SMILES string of the molecule is O=C(O)/C=C/C(=C/O)c1ccncn1. The average molecular weight is 192 g/mol. The van der Waals surface area contributed by atoms with Gasteiger partial charge in [0.25, 0.3) is 0 Å². The summed E-state index contributed by atoms with van der Waals surface area (Å²) in [5.74, 6) is -1.08. The Balaban J connectivity index is 2.90. The van der Waals surface area contributed by atoms with Crippen LogP contribution < -0.4 is 0 Å². The van der Waals surface area contributed by atoms with Crippen molar-refractivity contribution in [2.45, 2.75) is 0 Å². The zero-order valence-electron chi connectivity index (χ0n) is 7.16. The second-order valence-corrected chi connectivity index (χ2v) is 2.35. The van der Waals surface area contributed by atoms with Gasteiger partial charge in [-0.15, -0.1) is 0 Å². The van der Waals surface area contributed by atoms with Crippen molar-refractivity contribution < 1.29 is 15.0 Å². The fourth-order valence-corrected chi connectivity index (χ4v) is 0.817. The van der Waals surface area contributed by atoms with Gasteiger partial charge in [-0.2, -0.15) is 0 Å². The predicted octanol–water partition coefficient (Wildman–Crippen LogP) is 1.02. The number of aliphatic carboxylic acids is 1. The molecule has 0 unspecified atom stereocenters. The third kappa shape index (κ3) is 2.71. The minimum atomic E-state index is -1.08. The number of aliphatic hydroxyl groups is 1. The summed E-state index contributed by atoms with van der Waals surface area (Å²) in [5.41, 5.74) is 0.773. The van der Waals surface area contributed by atoms with E-state index in [1.807, 2.05) is 0 Å². The van der Waals surface area contributed by atoms with E-state index in [0.29, 0.717) is 11.3 Å². The van der Waals surface area contributed by atoms with Crippen molar-refractivity contribution in [1.29, 1.82) is 0 Å². The molecule has 0 aromatic carbocycles. The molecule has 1 heterocycles. The molecule has 5 heteroatoms. The molecule has 0 aliphatic heterocycles. The third-order valence-corrected chi connectivity index (χ3v) is 1.42. The number of aromatic nitrogens is 2. The van der Waals surface area contributed by atoms with Crippen LogP contribution in [0, 0.1) is 0 Å². The van der Waals surface area contributed by atoms with Gasteiger partial charge in [0.05, 0.1) is 12.0 Å². The summed E-state index contributed by atoms with van der Waals surface area (Å²) < 4.78 is 0. The summed E-state index contributed by atoms with van der Waals surface area (Å²) in [6.07, 6.45) is 5.78. The van der Waals surface area contributed by atoms with Crippen LogP contribution in [0.4, 0.5) is 0 Å². The number of allylic oxidation sites excluding steroid dienone is 2. The van der Waals surface area contributed by atoms with E-state index in [9.17, 15) is 4.79 Å². The number of rotatable bonds is 3. The summed E-state index contributed by atoms with van der Waals surface area (Å²) in [7, 11) is 0. The van der Waals surface area contributed by atoms with Gasteiger partial charge in [0.15, 0.2) is 0 Å². The van der Waals surface area contributed by atoms with Crippen LogP contribution in [0.1, 0.15) is 5.69 Å². The van der Waals surface area contributed by atoms with E-state index in [1.165, 1.54) is 18.6 Å². The molecule has 1 aromatic heterocycles. The maximum atomic E-state index is 10.2. The molecule has 0 spiro atoms. The second-order valence-electron chi connectivity index (χ2n) is 2.35. The van der Waals surface area contributed by atoms with Crippen LogP contribution in [-0.4, -0.2) is 26.2 Å². The van der Waals surface area contributed by atoms with Crippen LogP contribution >= 0.6 is 0 Å². The van der Waals surface area contributed by atoms with Gasteiger partial charge in [0.2, 0.25) is 0 Å². The van der Waals surface area contributed by atoms with Crippen LogP contribution in [-0.2, 0) is 4.79 Å². The molecule has 14 heavy (non-hydrogen) atoms. The molecule has 0 fully saturated rings. The molecule has 1 rings (SSSR count). The minimum Gasteiger partial charge on any atom is -0.515 e. The van der Waals surface area contributed by atoms with Crippen molar-refractivity contribution in [2.24, 2.45) is 0 Å². The lowest BCUT2D eigenvalue weighted by Gasteiger charge is -1.97.